The van der Waals surface area contributed by atoms with Crippen molar-refractivity contribution in [2.45, 2.75) is 56.4 Å². The van der Waals surface area contributed by atoms with Gasteiger partial charge in [0.1, 0.15) is 0 Å². The van der Waals surface area contributed by atoms with Crippen LogP contribution in [-0.2, 0) is 21.9 Å². The number of hydrogen-bond acceptors (Lipinski definition) is 3. The summed E-state index contributed by atoms with van der Waals surface area (Å²) in [6.45, 7) is -0.104. The van der Waals surface area contributed by atoms with Gasteiger partial charge in [-0.25, -0.2) is 4.57 Å². The number of hydrogen-bond donors (Lipinski definition) is 3. The van der Waals surface area contributed by atoms with E-state index in [1.54, 1.807) is 0 Å². The summed E-state index contributed by atoms with van der Waals surface area (Å²) in [7, 11) is -4.47. The fourth-order valence-electron chi connectivity index (χ4n) is 4.04. The van der Waals surface area contributed by atoms with Gasteiger partial charge >= 0.3 is 7.82 Å². The lowest BCUT2D eigenvalue weighted by Gasteiger charge is -2.24. The van der Waals surface area contributed by atoms with Crippen molar-refractivity contribution in [2.75, 3.05) is 6.61 Å². The molecule has 0 heterocycles. The van der Waals surface area contributed by atoms with E-state index in [2.05, 4.69) is 59.1 Å². The van der Waals surface area contributed by atoms with Gasteiger partial charge in [0.2, 0.25) is 0 Å². The monoisotopic (exact) mass is 403 g/mol. The Morgan fingerprint density at radius 3 is 2.21 bits per heavy atom. The molecule has 0 bridgehead atoms. The molecule has 5 nitrogen and oxygen atoms in total. The second kappa shape index (κ2) is 9.34. The zero-order chi connectivity index (χ0) is 20.0. The molecule has 0 radical (unpaired) electrons. The smallest absolute Gasteiger partial charge is 0.323 e. The average Bonchev–Trinajstić information content (AvgIpc) is 3.07. The first-order valence-corrected chi connectivity index (χ1v) is 11.5. The van der Waals surface area contributed by atoms with Crippen molar-refractivity contribution >= 4 is 7.82 Å². The van der Waals surface area contributed by atoms with E-state index in [0.29, 0.717) is 18.8 Å². The number of nitrogens with two attached hydrogens (primary N) is 1. The van der Waals surface area contributed by atoms with Crippen molar-refractivity contribution < 1.29 is 18.9 Å². The number of phosphoric ester groups is 1. The molecule has 0 amide bonds. The highest BCUT2D eigenvalue weighted by atomic mass is 31.2. The number of rotatable bonds is 9. The second-order valence-corrected chi connectivity index (χ2v) is 9.24. The van der Waals surface area contributed by atoms with Crippen molar-refractivity contribution in [1.29, 1.82) is 0 Å². The summed E-state index contributed by atoms with van der Waals surface area (Å²) in [5.41, 5.74) is 9.61. The molecule has 2 atom stereocenters. The maximum absolute atomic E-state index is 10.9. The number of benzene rings is 2. The van der Waals surface area contributed by atoms with Crippen LogP contribution in [0.15, 0.2) is 54.6 Å². The number of unbranched alkanes of at least 4 members (excludes halogenated alkanes) is 1. The maximum atomic E-state index is 10.9. The Hall–Kier alpha value is -1.49. The molecule has 0 saturated heterocycles. The third-order valence-electron chi connectivity index (χ3n) is 5.64. The molecule has 28 heavy (non-hydrogen) atoms. The summed E-state index contributed by atoms with van der Waals surface area (Å²) in [6.07, 6.45) is 6.86. The molecule has 0 aromatic heterocycles. The van der Waals surface area contributed by atoms with Gasteiger partial charge in [-0.3, -0.25) is 4.52 Å². The second-order valence-electron chi connectivity index (χ2n) is 8.00. The Balaban J connectivity index is 1.44. The van der Waals surface area contributed by atoms with E-state index in [1.165, 1.54) is 29.5 Å². The average molecular weight is 403 g/mol. The lowest BCUT2D eigenvalue weighted by molar-refractivity contribution is 0.153. The van der Waals surface area contributed by atoms with E-state index in [1.807, 2.05) is 0 Å². The van der Waals surface area contributed by atoms with Crippen LogP contribution in [0.4, 0.5) is 0 Å². The molecule has 4 N–H and O–H groups in total. The summed E-state index contributed by atoms with van der Waals surface area (Å²) in [6, 6.07) is 19.3. The van der Waals surface area contributed by atoms with Crippen molar-refractivity contribution in [1.82, 2.24) is 0 Å². The molecule has 0 aliphatic heterocycles. The van der Waals surface area contributed by atoms with Crippen LogP contribution in [0, 0.1) is 0 Å². The quantitative estimate of drug-likeness (QED) is 0.428. The van der Waals surface area contributed by atoms with Crippen LogP contribution in [-0.4, -0.2) is 21.9 Å². The molecule has 3 rings (SSSR count). The molecule has 2 aromatic rings. The van der Waals surface area contributed by atoms with E-state index in [4.69, 9.17) is 15.5 Å². The molecule has 1 fully saturated rings. The Morgan fingerprint density at radius 1 is 1.00 bits per heavy atom. The summed E-state index contributed by atoms with van der Waals surface area (Å²) in [4.78, 5) is 17.8. The highest BCUT2D eigenvalue weighted by Gasteiger charge is 2.38. The molecule has 0 unspecified atom stereocenters. The topological polar surface area (TPSA) is 92.8 Å². The summed E-state index contributed by atoms with van der Waals surface area (Å²) in [5.74, 6) is 0.317. The lowest BCUT2D eigenvalue weighted by Crippen LogP contribution is -2.41. The SMILES string of the molecule is N[C@@]1(COP(=O)(O)O)CC[C@@H](c2ccc(CCCCc3ccccc3)cc2)C1. The lowest BCUT2D eigenvalue weighted by atomic mass is 9.92. The first kappa shape index (κ1) is 21.2. The van der Waals surface area contributed by atoms with Crippen LogP contribution in [0.3, 0.4) is 0 Å². The van der Waals surface area contributed by atoms with Gasteiger partial charge in [0.05, 0.1) is 6.61 Å². The third kappa shape index (κ3) is 6.54. The van der Waals surface area contributed by atoms with Crippen LogP contribution in [0.25, 0.3) is 0 Å². The van der Waals surface area contributed by atoms with E-state index in [9.17, 15) is 4.57 Å². The minimum atomic E-state index is -4.47. The molecular formula is C22H30NO4P. The van der Waals surface area contributed by atoms with Gasteiger partial charge in [-0.2, -0.15) is 0 Å². The zero-order valence-corrected chi connectivity index (χ0v) is 17.1. The van der Waals surface area contributed by atoms with Crippen molar-refractivity contribution in [3.05, 3.63) is 71.3 Å². The van der Waals surface area contributed by atoms with Gasteiger partial charge in [0.25, 0.3) is 0 Å². The zero-order valence-electron chi connectivity index (χ0n) is 16.2. The van der Waals surface area contributed by atoms with E-state index in [0.717, 1.165) is 19.3 Å². The van der Waals surface area contributed by atoms with E-state index in [-0.39, 0.29) is 6.61 Å². The maximum Gasteiger partial charge on any atom is 0.469 e. The molecule has 152 valence electrons. The van der Waals surface area contributed by atoms with Crippen LogP contribution in [0.5, 0.6) is 0 Å². The van der Waals surface area contributed by atoms with Crippen LogP contribution in [0.1, 0.15) is 54.7 Å². The van der Waals surface area contributed by atoms with E-state index < -0.39 is 13.4 Å². The van der Waals surface area contributed by atoms with Gasteiger partial charge in [0, 0.05) is 5.54 Å². The number of phosphoric acid groups is 1. The molecule has 2 aromatic carbocycles. The standard InChI is InChI=1S/C22H30NO4P/c23-22(17-27-28(24,25)26)15-14-21(16-22)20-12-10-19(11-13-20)9-5-4-8-18-6-2-1-3-7-18/h1-3,6-7,10-13,21H,4-5,8-9,14-17,23H2,(H2,24,25,26)/t21-,22+/m1/s1. The fourth-order valence-corrected chi connectivity index (χ4v) is 4.47. The molecule has 0 spiro atoms. The largest absolute Gasteiger partial charge is 0.469 e. The van der Waals surface area contributed by atoms with Gasteiger partial charge in [0.15, 0.2) is 0 Å². The normalized spacial score (nSPS) is 22.5. The summed E-state index contributed by atoms with van der Waals surface area (Å²) in [5, 5.41) is 0. The predicted octanol–water partition coefficient (Wildman–Crippen LogP) is 4.33. The minimum Gasteiger partial charge on any atom is -0.323 e. The Morgan fingerprint density at radius 2 is 1.61 bits per heavy atom. The fraction of sp³-hybridized carbons (Fsp3) is 0.455. The predicted molar refractivity (Wildman–Crippen MR) is 111 cm³/mol. The highest BCUT2D eigenvalue weighted by molar-refractivity contribution is 7.46. The summed E-state index contributed by atoms with van der Waals surface area (Å²) >= 11 is 0. The van der Waals surface area contributed by atoms with Crippen molar-refractivity contribution in [3.8, 4) is 0 Å². The Labute approximate surface area is 167 Å². The van der Waals surface area contributed by atoms with Crippen LogP contribution < -0.4 is 5.73 Å². The van der Waals surface area contributed by atoms with Crippen molar-refractivity contribution in [2.24, 2.45) is 5.73 Å². The van der Waals surface area contributed by atoms with E-state index >= 15 is 0 Å². The minimum absolute atomic E-state index is 0.104. The first-order chi connectivity index (χ1) is 13.3. The highest BCUT2D eigenvalue weighted by Crippen LogP contribution is 2.43. The third-order valence-corrected chi connectivity index (χ3v) is 6.10. The molecule has 1 saturated carbocycles. The molecule has 6 heteroatoms. The Bertz CT molecular complexity index is 790. The van der Waals surface area contributed by atoms with Gasteiger partial charge in [-0.1, -0.05) is 54.6 Å². The molecular weight excluding hydrogens is 373 g/mol. The molecule has 1 aliphatic rings. The van der Waals surface area contributed by atoms with Gasteiger partial charge < -0.3 is 15.5 Å². The first-order valence-electron chi connectivity index (χ1n) is 9.95. The van der Waals surface area contributed by atoms with Gasteiger partial charge in [-0.15, -0.1) is 0 Å². The Kier molecular flexibility index (Phi) is 7.08. The summed E-state index contributed by atoms with van der Waals surface area (Å²) < 4.78 is 15.6. The van der Waals surface area contributed by atoms with Crippen LogP contribution in [0.2, 0.25) is 0 Å². The number of aryl methyl sites for hydroxylation is 2. The van der Waals surface area contributed by atoms with Crippen LogP contribution >= 0.6 is 7.82 Å². The van der Waals surface area contributed by atoms with Crippen molar-refractivity contribution in [3.63, 3.8) is 0 Å². The molecule has 1 aliphatic carbocycles. The van der Waals surface area contributed by atoms with Gasteiger partial charge in [-0.05, 0) is 67.6 Å².